The van der Waals surface area contributed by atoms with Gasteiger partial charge in [0.2, 0.25) is 0 Å². The number of hydrogen-bond donors (Lipinski definition) is 0. The van der Waals surface area contributed by atoms with Crippen LogP contribution in [-0.2, 0) is 6.42 Å². The van der Waals surface area contributed by atoms with Crippen molar-refractivity contribution < 1.29 is 0 Å². The van der Waals surface area contributed by atoms with E-state index in [1.807, 2.05) is 24.3 Å². The second-order valence-corrected chi connectivity index (χ2v) is 12.4. The minimum absolute atomic E-state index is 0.644. The van der Waals surface area contributed by atoms with E-state index in [-0.39, 0.29) is 0 Å². The Morgan fingerprint density at radius 3 is 1.39 bits per heavy atom. The lowest BCUT2D eigenvalue weighted by Crippen LogP contribution is -2.01. The van der Waals surface area contributed by atoms with Gasteiger partial charge in [-0.3, -0.25) is 0 Å². The Morgan fingerprint density at radius 1 is 0.286 bits per heavy atom. The van der Waals surface area contributed by atoms with E-state index < -0.39 is 0 Å². The molecule has 0 spiro atoms. The molecule has 0 amide bonds. The fraction of sp³-hybridized carbons (Fsp3) is 0.0217. The van der Waals surface area contributed by atoms with Gasteiger partial charge in [-0.2, -0.15) is 0 Å². The molecule has 3 heteroatoms. The SMILES string of the molecule is c1ccc(-c2ccc(-c3nc(-c4ccccc4)nc(-c4cc(-c5ccccc5)cc(-c5cccc6c5Cc5ccccc5-6)c4)n3)cc2)cc1. The molecule has 0 fully saturated rings. The third kappa shape index (κ3) is 5.52. The summed E-state index contributed by atoms with van der Waals surface area (Å²) in [4.78, 5) is 15.3. The van der Waals surface area contributed by atoms with Crippen molar-refractivity contribution in [3.63, 3.8) is 0 Å². The van der Waals surface area contributed by atoms with E-state index >= 15 is 0 Å². The molecule has 0 N–H and O–H groups in total. The zero-order chi connectivity index (χ0) is 32.6. The van der Waals surface area contributed by atoms with Gasteiger partial charge in [0.25, 0.3) is 0 Å². The predicted octanol–water partition coefficient (Wildman–Crippen LogP) is 11.4. The molecule has 9 rings (SSSR count). The summed E-state index contributed by atoms with van der Waals surface area (Å²) in [5.74, 6) is 1.94. The Hall–Kier alpha value is -6.45. The number of aromatic nitrogens is 3. The molecule has 49 heavy (non-hydrogen) atoms. The van der Waals surface area contributed by atoms with Gasteiger partial charge >= 0.3 is 0 Å². The van der Waals surface area contributed by atoms with Gasteiger partial charge in [-0.15, -0.1) is 0 Å². The maximum absolute atomic E-state index is 5.15. The second-order valence-electron chi connectivity index (χ2n) is 12.4. The molecule has 0 saturated heterocycles. The highest BCUT2D eigenvalue weighted by Gasteiger charge is 2.22. The van der Waals surface area contributed by atoms with Crippen LogP contribution in [0.5, 0.6) is 0 Å². The lowest BCUT2D eigenvalue weighted by Gasteiger charge is -2.14. The lowest BCUT2D eigenvalue weighted by molar-refractivity contribution is 1.07. The molecule has 0 saturated carbocycles. The van der Waals surface area contributed by atoms with Crippen LogP contribution in [0.25, 0.3) is 78.7 Å². The molecule has 1 aromatic heterocycles. The predicted molar refractivity (Wildman–Crippen MR) is 201 cm³/mol. The van der Waals surface area contributed by atoms with Gasteiger partial charge in [0.1, 0.15) is 0 Å². The minimum Gasteiger partial charge on any atom is -0.208 e. The van der Waals surface area contributed by atoms with Gasteiger partial charge in [0.15, 0.2) is 17.5 Å². The Morgan fingerprint density at radius 2 is 0.714 bits per heavy atom. The summed E-state index contributed by atoms with van der Waals surface area (Å²) < 4.78 is 0. The van der Waals surface area contributed by atoms with E-state index in [4.69, 9.17) is 15.0 Å². The van der Waals surface area contributed by atoms with Crippen LogP contribution in [0.1, 0.15) is 11.1 Å². The van der Waals surface area contributed by atoms with Gasteiger partial charge in [-0.05, 0) is 80.3 Å². The van der Waals surface area contributed by atoms with Crippen molar-refractivity contribution in [2.24, 2.45) is 0 Å². The van der Waals surface area contributed by atoms with Gasteiger partial charge < -0.3 is 0 Å². The average molecular weight is 626 g/mol. The molecule has 1 aliphatic carbocycles. The molecule has 0 atom stereocenters. The highest BCUT2D eigenvalue weighted by molar-refractivity contribution is 5.88. The summed E-state index contributed by atoms with van der Waals surface area (Å²) in [7, 11) is 0. The molecule has 0 unspecified atom stereocenters. The maximum atomic E-state index is 5.15. The minimum atomic E-state index is 0.644. The van der Waals surface area contributed by atoms with E-state index in [2.05, 4.69) is 152 Å². The molecule has 7 aromatic carbocycles. The average Bonchev–Trinajstić information content (AvgIpc) is 3.58. The number of nitrogens with zero attached hydrogens (tertiary/aromatic N) is 3. The van der Waals surface area contributed by atoms with Gasteiger partial charge in [0.05, 0.1) is 0 Å². The van der Waals surface area contributed by atoms with Gasteiger partial charge in [0, 0.05) is 16.7 Å². The molecule has 0 aliphatic heterocycles. The van der Waals surface area contributed by atoms with E-state index in [0.29, 0.717) is 17.5 Å². The lowest BCUT2D eigenvalue weighted by atomic mass is 9.91. The van der Waals surface area contributed by atoms with Crippen LogP contribution >= 0.6 is 0 Å². The maximum Gasteiger partial charge on any atom is 0.164 e. The van der Waals surface area contributed by atoms with Crippen LogP contribution in [-0.4, -0.2) is 15.0 Å². The summed E-state index contributed by atoms with van der Waals surface area (Å²) in [5, 5.41) is 0. The fourth-order valence-corrected chi connectivity index (χ4v) is 6.93. The van der Waals surface area contributed by atoms with E-state index in [0.717, 1.165) is 45.4 Å². The highest BCUT2D eigenvalue weighted by atomic mass is 15.0. The molecule has 1 aliphatic rings. The summed E-state index contributed by atoms with van der Waals surface area (Å²) in [6.07, 6.45) is 0.916. The van der Waals surface area contributed by atoms with Crippen LogP contribution in [0.15, 0.2) is 176 Å². The molecule has 0 radical (unpaired) electrons. The molecular weight excluding hydrogens is 595 g/mol. The van der Waals surface area contributed by atoms with Crippen molar-refractivity contribution in [3.8, 4) is 78.7 Å². The van der Waals surface area contributed by atoms with E-state index in [1.54, 1.807) is 0 Å². The Balaban J connectivity index is 1.22. The summed E-state index contributed by atoms with van der Waals surface area (Å²) in [6.45, 7) is 0. The molecule has 230 valence electrons. The Bertz CT molecular complexity index is 2440. The smallest absolute Gasteiger partial charge is 0.164 e. The van der Waals surface area contributed by atoms with Crippen molar-refractivity contribution in [1.82, 2.24) is 15.0 Å². The molecule has 1 heterocycles. The van der Waals surface area contributed by atoms with Crippen LogP contribution in [0.2, 0.25) is 0 Å². The van der Waals surface area contributed by atoms with Crippen molar-refractivity contribution >= 4 is 0 Å². The quantitative estimate of drug-likeness (QED) is 0.185. The summed E-state index contributed by atoms with van der Waals surface area (Å²) in [6, 6.07) is 61.8. The molecule has 3 nitrogen and oxygen atoms in total. The van der Waals surface area contributed by atoms with Gasteiger partial charge in [-0.25, -0.2) is 15.0 Å². The van der Waals surface area contributed by atoms with Crippen LogP contribution in [0.3, 0.4) is 0 Å². The normalized spacial score (nSPS) is 11.6. The zero-order valence-electron chi connectivity index (χ0n) is 26.8. The van der Waals surface area contributed by atoms with E-state index in [1.165, 1.54) is 33.4 Å². The monoisotopic (exact) mass is 625 g/mol. The molecular formula is C46H31N3. The largest absolute Gasteiger partial charge is 0.208 e. The number of benzene rings is 7. The second kappa shape index (κ2) is 12.3. The topological polar surface area (TPSA) is 38.7 Å². The van der Waals surface area contributed by atoms with Crippen LogP contribution in [0, 0.1) is 0 Å². The van der Waals surface area contributed by atoms with Crippen molar-refractivity contribution in [2.45, 2.75) is 6.42 Å². The number of rotatable bonds is 6. The highest BCUT2D eigenvalue weighted by Crippen LogP contribution is 2.43. The summed E-state index contributed by atoms with van der Waals surface area (Å²) in [5.41, 5.74) is 15.2. The van der Waals surface area contributed by atoms with Crippen molar-refractivity contribution in [1.29, 1.82) is 0 Å². The van der Waals surface area contributed by atoms with Crippen LogP contribution in [0.4, 0.5) is 0 Å². The molecule has 0 bridgehead atoms. The third-order valence-electron chi connectivity index (χ3n) is 9.38. The fourth-order valence-electron chi connectivity index (χ4n) is 6.93. The van der Waals surface area contributed by atoms with E-state index in [9.17, 15) is 0 Å². The first-order valence-electron chi connectivity index (χ1n) is 16.7. The third-order valence-corrected chi connectivity index (χ3v) is 9.38. The first-order chi connectivity index (χ1) is 24.3. The van der Waals surface area contributed by atoms with Crippen molar-refractivity contribution in [3.05, 3.63) is 187 Å². The first kappa shape index (κ1) is 28.7. The van der Waals surface area contributed by atoms with Crippen molar-refractivity contribution in [2.75, 3.05) is 0 Å². The standard InChI is InChI=1S/C46H31N3/c1-4-13-31(14-5-1)33-23-25-35(26-24-33)45-47-44(34-17-8-3-9-18-34)48-46(49-45)39-28-37(32-15-6-2-7-16-32)27-38(29-39)41-21-12-22-42-40-20-11-10-19-36(40)30-43(41)42/h1-29H,30H2. The Labute approximate surface area is 286 Å². The summed E-state index contributed by atoms with van der Waals surface area (Å²) >= 11 is 0. The first-order valence-corrected chi connectivity index (χ1v) is 16.7. The van der Waals surface area contributed by atoms with Crippen LogP contribution < -0.4 is 0 Å². The Kier molecular flexibility index (Phi) is 7.21. The number of hydrogen-bond acceptors (Lipinski definition) is 3. The zero-order valence-corrected chi connectivity index (χ0v) is 26.8. The van der Waals surface area contributed by atoms with Gasteiger partial charge in [-0.1, -0.05) is 158 Å². The molecule has 8 aromatic rings. The number of fused-ring (bicyclic) bond motifs is 3.